The van der Waals surface area contributed by atoms with Gasteiger partial charge in [-0.15, -0.1) is 0 Å². The molecule has 1 aromatic carbocycles. The summed E-state index contributed by atoms with van der Waals surface area (Å²) in [5.41, 5.74) is 4.24. The molecule has 110 valence electrons. The standard InChI is InChI=1S/C16H17ClN2OS/c1-11-6-8-12(9-7-11)10-21(20)16-18-14-5-3-2-4-13(14)15(17)19-16/h6-9H,2-5,10H2,1H3/t21-/m0/s1. The number of aryl methyl sites for hydroxylation is 2. The van der Waals surface area contributed by atoms with Gasteiger partial charge in [-0.1, -0.05) is 41.4 Å². The Hall–Kier alpha value is -1.26. The van der Waals surface area contributed by atoms with Gasteiger partial charge in [-0.25, -0.2) is 9.97 Å². The van der Waals surface area contributed by atoms with Crippen LogP contribution >= 0.6 is 11.6 Å². The summed E-state index contributed by atoms with van der Waals surface area (Å²) in [4.78, 5) is 8.75. The predicted molar refractivity (Wildman–Crippen MR) is 85.0 cm³/mol. The molecular formula is C16H17ClN2OS. The average molecular weight is 321 g/mol. The summed E-state index contributed by atoms with van der Waals surface area (Å²) >= 11 is 6.23. The minimum absolute atomic E-state index is 0.362. The molecule has 0 bridgehead atoms. The Balaban J connectivity index is 1.84. The highest BCUT2D eigenvalue weighted by Gasteiger charge is 2.19. The summed E-state index contributed by atoms with van der Waals surface area (Å²) < 4.78 is 12.5. The first kappa shape index (κ1) is 14.7. The molecular weight excluding hydrogens is 304 g/mol. The van der Waals surface area contributed by atoms with Crippen molar-refractivity contribution in [2.45, 2.75) is 43.5 Å². The highest BCUT2D eigenvalue weighted by molar-refractivity contribution is 7.84. The van der Waals surface area contributed by atoms with Crippen molar-refractivity contribution in [1.82, 2.24) is 9.97 Å². The first-order chi connectivity index (χ1) is 10.1. The molecule has 1 atom stereocenters. The topological polar surface area (TPSA) is 42.9 Å². The van der Waals surface area contributed by atoms with Gasteiger partial charge in [0.1, 0.15) is 5.15 Å². The van der Waals surface area contributed by atoms with Crippen LogP contribution in [0.2, 0.25) is 5.15 Å². The van der Waals surface area contributed by atoms with E-state index in [1.165, 1.54) is 5.56 Å². The van der Waals surface area contributed by atoms with Gasteiger partial charge in [0.05, 0.1) is 16.6 Å². The number of fused-ring (bicyclic) bond motifs is 1. The van der Waals surface area contributed by atoms with Crippen molar-refractivity contribution in [2.75, 3.05) is 0 Å². The van der Waals surface area contributed by atoms with Crippen LogP contribution in [0.3, 0.4) is 0 Å². The number of rotatable bonds is 3. The molecule has 1 aliphatic rings. The molecule has 3 rings (SSSR count). The molecule has 21 heavy (non-hydrogen) atoms. The van der Waals surface area contributed by atoms with Gasteiger partial charge in [-0.05, 0) is 38.2 Å². The van der Waals surface area contributed by atoms with E-state index in [-0.39, 0.29) is 0 Å². The normalized spacial score (nSPS) is 15.5. The van der Waals surface area contributed by atoms with E-state index in [0.29, 0.717) is 16.1 Å². The lowest BCUT2D eigenvalue weighted by Gasteiger charge is -2.16. The van der Waals surface area contributed by atoms with Gasteiger partial charge >= 0.3 is 0 Å². The van der Waals surface area contributed by atoms with E-state index in [1.807, 2.05) is 31.2 Å². The van der Waals surface area contributed by atoms with Gasteiger partial charge in [-0.3, -0.25) is 4.21 Å². The number of halogens is 1. The lowest BCUT2D eigenvalue weighted by molar-refractivity contribution is 0.639. The first-order valence-electron chi connectivity index (χ1n) is 7.12. The second-order valence-corrected chi connectivity index (χ2v) is 7.11. The number of hydrogen-bond donors (Lipinski definition) is 0. The minimum atomic E-state index is -1.26. The van der Waals surface area contributed by atoms with Crippen molar-refractivity contribution in [1.29, 1.82) is 0 Å². The zero-order valence-corrected chi connectivity index (χ0v) is 13.5. The Labute approximate surface area is 132 Å². The zero-order chi connectivity index (χ0) is 14.8. The molecule has 2 aromatic rings. The SMILES string of the molecule is Cc1ccc(C[S@](=O)c2nc(Cl)c3c(n2)CCCC3)cc1. The van der Waals surface area contributed by atoms with Gasteiger partial charge in [0.2, 0.25) is 5.16 Å². The third kappa shape index (κ3) is 3.33. The lowest BCUT2D eigenvalue weighted by atomic mass is 9.98. The van der Waals surface area contributed by atoms with Crippen LogP contribution in [0, 0.1) is 6.92 Å². The van der Waals surface area contributed by atoms with Crippen molar-refractivity contribution < 1.29 is 4.21 Å². The molecule has 0 amide bonds. The highest BCUT2D eigenvalue weighted by atomic mass is 35.5. The van der Waals surface area contributed by atoms with Crippen molar-refractivity contribution in [2.24, 2.45) is 0 Å². The summed E-state index contributed by atoms with van der Waals surface area (Å²) in [6, 6.07) is 8.03. The smallest absolute Gasteiger partial charge is 0.220 e. The fraction of sp³-hybridized carbons (Fsp3) is 0.375. The van der Waals surface area contributed by atoms with Crippen LogP contribution in [-0.4, -0.2) is 14.2 Å². The Morgan fingerprint density at radius 2 is 1.86 bits per heavy atom. The van der Waals surface area contributed by atoms with E-state index in [4.69, 9.17) is 11.6 Å². The molecule has 0 aliphatic heterocycles. The summed E-state index contributed by atoms with van der Waals surface area (Å²) in [6.45, 7) is 2.03. The molecule has 0 saturated carbocycles. The Morgan fingerprint density at radius 3 is 2.62 bits per heavy atom. The quantitative estimate of drug-likeness (QED) is 0.640. The molecule has 0 radical (unpaired) electrons. The molecule has 0 unspecified atom stereocenters. The summed E-state index contributed by atoms with van der Waals surface area (Å²) in [7, 11) is -1.26. The van der Waals surface area contributed by atoms with Crippen LogP contribution < -0.4 is 0 Å². The fourth-order valence-corrected chi connectivity index (χ4v) is 3.89. The van der Waals surface area contributed by atoms with E-state index < -0.39 is 10.8 Å². The second kappa shape index (κ2) is 6.24. The van der Waals surface area contributed by atoms with Gasteiger partial charge in [0.15, 0.2) is 0 Å². The fourth-order valence-electron chi connectivity index (χ4n) is 2.53. The lowest BCUT2D eigenvalue weighted by Crippen LogP contribution is -2.12. The van der Waals surface area contributed by atoms with Crippen LogP contribution in [0.15, 0.2) is 29.4 Å². The van der Waals surface area contributed by atoms with Crippen LogP contribution in [0.25, 0.3) is 0 Å². The van der Waals surface area contributed by atoms with E-state index in [2.05, 4.69) is 9.97 Å². The van der Waals surface area contributed by atoms with Gasteiger partial charge in [-0.2, -0.15) is 0 Å². The van der Waals surface area contributed by atoms with Crippen molar-refractivity contribution in [3.63, 3.8) is 0 Å². The van der Waals surface area contributed by atoms with Gasteiger partial charge < -0.3 is 0 Å². The summed E-state index contributed by atoms with van der Waals surface area (Å²) in [5, 5.41) is 0.841. The molecule has 1 aliphatic carbocycles. The second-order valence-electron chi connectivity index (χ2n) is 5.40. The third-order valence-corrected chi connectivity index (χ3v) is 5.23. The molecule has 0 saturated heterocycles. The maximum absolute atomic E-state index is 12.5. The van der Waals surface area contributed by atoms with E-state index in [9.17, 15) is 4.21 Å². The largest absolute Gasteiger partial charge is 0.251 e. The average Bonchev–Trinajstić information content (AvgIpc) is 2.49. The number of aromatic nitrogens is 2. The monoisotopic (exact) mass is 320 g/mol. The van der Waals surface area contributed by atoms with Gasteiger partial charge in [0.25, 0.3) is 0 Å². The molecule has 0 N–H and O–H groups in total. The maximum Gasteiger partial charge on any atom is 0.220 e. The van der Waals surface area contributed by atoms with Crippen molar-refractivity contribution in [3.8, 4) is 0 Å². The molecule has 3 nitrogen and oxygen atoms in total. The van der Waals surface area contributed by atoms with Crippen LogP contribution in [0.1, 0.15) is 35.2 Å². The highest BCUT2D eigenvalue weighted by Crippen LogP contribution is 2.26. The molecule has 1 aromatic heterocycles. The molecule has 5 heteroatoms. The van der Waals surface area contributed by atoms with Crippen molar-refractivity contribution in [3.05, 3.63) is 51.8 Å². The first-order valence-corrected chi connectivity index (χ1v) is 8.82. The summed E-state index contributed by atoms with van der Waals surface area (Å²) in [5.74, 6) is 0.426. The third-order valence-electron chi connectivity index (χ3n) is 3.73. The van der Waals surface area contributed by atoms with Crippen LogP contribution in [-0.2, 0) is 29.4 Å². The van der Waals surface area contributed by atoms with Gasteiger partial charge in [0, 0.05) is 11.3 Å². The van der Waals surface area contributed by atoms with Crippen LogP contribution in [0.5, 0.6) is 0 Å². The zero-order valence-electron chi connectivity index (χ0n) is 11.9. The number of nitrogens with zero attached hydrogens (tertiary/aromatic N) is 2. The Morgan fingerprint density at radius 1 is 1.14 bits per heavy atom. The number of benzene rings is 1. The molecule has 0 fully saturated rings. The van der Waals surface area contributed by atoms with E-state index in [0.717, 1.165) is 42.5 Å². The van der Waals surface area contributed by atoms with Crippen LogP contribution in [0.4, 0.5) is 0 Å². The van der Waals surface area contributed by atoms with E-state index in [1.54, 1.807) is 0 Å². The van der Waals surface area contributed by atoms with Crippen molar-refractivity contribution >= 4 is 22.4 Å². The predicted octanol–water partition coefficient (Wildman–Crippen LogP) is 3.63. The minimum Gasteiger partial charge on any atom is -0.251 e. The summed E-state index contributed by atoms with van der Waals surface area (Å²) in [6.07, 6.45) is 4.08. The molecule has 0 spiro atoms. The molecule has 1 heterocycles. The Bertz CT molecular complexity index is 685. The van der Waals surface area contributed by atoms with E-state index >= 15 is 0 Å². The maximum atomic E-state index is 12.5. The Kier molecular flexibility index (Phi) is 4.36. The number of hydrogen-bond acceptors (Lipinski definition) is 3.